The van der Waals surface area contributed by atoms with Crippen molar-refractivity contribution in [2.45, 2.75) is 32.2 Å². The van der Waals surface area contributed by atoms with Gasteiger partial charge in [0.1, 0.15) is 5.69 Å². The van der Waals surface area contributed by atoms with Crippen LogP contribution in [0.25, 0.3) is 0 Å². The first kappa shape index (κ1) is 15.9. The molecule has 7 nitrogen and oxygen atoms in total. The molecular weight excluding hydrogens is 294 g/mol. The minimum Gasteiger partial charge on any atom is -0.477 e. The van der Waals surface area contributed by atoms with Crippen molar-refractivity contribution in [2.24, 2.45) is 0 Å². The van der Waals surface area contributed by atoms with Gasteiger partial charge in [0.2, 0.25) is 0 Å². The lowest BCUT2D eigenvalue weighted by atomic mass is 10.2. The number of aromatic nitrogens is 1. The third-order valence-corrected chi connectivity index (χ3v) is 4.96. The van der Waals surface area contributed by atoms with Crippen LogP contribution in [-0.2, 0) is 16.8 Å². The number of nitrogens with one attached hydrogen (secondary N) is 1. The molecule has 0 aliphatic carbocycles. The van der Waals surface area contributed by atoms with Crippen LogP contribution in [0, 0.1) is 0 Å². The summed E-state index contributed by atoms with van der Waals surface area (Å²) in [6.45, 7) is 1.20. The summed E-state index contributed by atoms with van der Waals surface area (Å²) in [5, 5.41) is 8.75. The summed E-state index contributed by atoms with van der Waals surface area (Å²) in [5.74, 6) is -1.10. The van der Waals surface area contributed by atoms with Crippen LogP contribution in [0.15, 0.2) is 18.3 Å². The fraction of sp³-hybridized carbons (Fsp3) is 0.538. The van der Waals surface area contributed by atoms with Gasteiger partial charge in [-0.25, -0.2) is 9.78 Å². The molecule has 0 amide bonds. The molecule has 1 aromatic rings. The Labute approximate surface area is 124 Å². The number of rotatable bonds is 5. The van der Waals surface area contributed by atoms with Gasteiger partial charge in [0.05, 0.1) is 0 Å². The van der Waals surface area contributed by atoms with E-state index in [2.05, 4.69) is 9.71 Å². The fourth-order valence-electron chi connectivity index (χ4n) is 2.20. The number of carboxylic acids is 1. The first-order valence-electron chi connectivity index (χ1n) is 6.92. The van der Waals surface area contributed by atoms with Gasteiger partial charge in [0.25, 0.3) is 10.2 Å². The molecule has 116 valence electrons. The zero-order chi connectivity index (χ0) is 15.3. The average molecular weight is 313 g/mol. The largest absolute Gasteiger partial charge is 0.477 e. The molecule has 0 unspecified atom stereocenters. The molecule has 0 spiro atoms. The van der Waals surface area contributed by atoms with E-state index in [4.69, 9.17) is 5.11 Å². The molecule has 8 heteroatoms. The molecule has 0 atom stereocenters. The smallest absolute Gasteiger partial charge is 0.354 e. The standard InChI is InChI=1S/C13H19N3O4S/c17-13(18)12-6-5-11(9-14-12)10-15-21(19,20)16-7-3-1-2-4-8-16/h5-6,9,15H,1-4,7-8,10H2,(H,17,18). The highest BCUT2D eigenvalue weighted by molar-refractivity contribution is 7.87. The number of aromatic carboxylic acids is 1. The highest BCUT2D eigenvalue weighted by atomic mass is 32.2. The van der Waals surface area contributed by atoms with Crippen molar-refractivity contribution in [1.29, 1.82) is 0 Å². The number of carboxylic acid groups (broad SMARTS) is 1. The second kappa shape index (κ2) is 6.97. The van der Waals surface area contributed by atoms with E-state index in [9.17, 15) is 13.2 Å². The molecule has 0 saturated carbocycles. The molecule has 0 bridgehead atoms. The maximum Gasteiger partial charge on any atom is 0.354 e. The Morgan fingerprint density at radius 1 is 1.24 bits per heavy atom. The summed E-state index contributed by atoms with van der Waals surface area (Å²) in [5.41, 5.74) is 0.563. The average Bonchev–Trinajstić information content (AvgIpc) is 2.75. The lowest BCUT2D eigenvalue weighted by Crippen LogP contribution is -2.40. The van der Waals surface area contributed by atoms with Gasteiger partial charge in [-0.05, 0) is 24.5 Å². The monoisotopic (exact) mass is 313 g/mol. The number of pyridine rings is 1. The van der Waals surface area contributed by atoms with Crippen LogP contribution in [0.4, 0.5) is 0 Å². The molecule has 2 N–H and O–H groups in total. The Balaban J connectivity index is 1.95. The van der Waals surface area contributed by atoms with Crippen molar-refractivity contribution >= 4 is 16.2 Å². The molecule has 2 rings (SSSR count). The van der Waals surface area contributed by atoms with E-state index in [1.165, 1.54) is 16.6 Å². The summed E-state index contributed by atoms with van der Waals surface area (Å²) < 4.78 is 28.4. The van der Waals surface area contributed by atoms with Gasteiger partial charge in [-0.3, -0.25) is 0 Å². The Bertz CT molecular complexity index is 578. The Kier molecular flexibility index (Phi) is 5.27. The van der Waals surface area contributed by atoms with Crippen molar-refractivity contribution in [3.05, 3.63) is 29.6 Å². The van der Waals surface area contributed by atoms with Gasteiger partial charge in [-0.1, -0.05) is 18.9 Å². The number of carbonyl (C=O) groups is 1. The highest BCUT2D eigenvalue weighted by Gasteiger charge is 2.22. The number of nitrogens with zero attached hydrogens (tertiary/aromatic N) is 2. The van der Waals surface area contributed by atoms with Crippen molar-refractivity contribution in [3.8, 4) is 0 Å². The van der Waals surface area contributed by atoms with E-state index >= 15 is 0 Å². The maximum absolute atomic E-state index is 12.2. The van der Waals surface area contributed by atoms with E-state index in [0.717, 1.165) is 25.7 Å². The quantitative estimate of drug-likeness (QED) is 0.844. The van der Waals surface area contributed by atoms with Crippen LogP contribution in [0.3, 0.4) is 0 Å². The third-order valence-electron chi connectivity index (χ3n) is 3.41. The highest BCUT2D eigenvalue weighted by Crippen LogP contribution is 2.12. The summed E-state index contributed by atoms with van der Waals surface area (Å²) >= 11 is 0. The first-order chi connectivity index (χ1) is 9.99. The molecular formula is C13H19N3O4S. The van der Waals surface area contributed by atoms with Gasteiger partial charge >= 0.3 is 5.97 Å². The number of hydrogen-bond donors (Lipinski definition) is 2. The van der Waals surface area contributed by atoms with E-state index < -0.39 is 16.2 Å². The molecule has 1 aromatic heterocycles. The zero-order valence-corrected chi connectivity index (χ0v) is 12.5. The zero-order valence-electron chi connectivity index (χ0n) is 11.7. The number of hydrogen-bond acceptors (Lipinski definition) is 4. The fourth-order valence-corrected chi connectivity index (χ4v) is 3.47. The molecule has 1 aliphatic heterocycles. The molecule has 1 saturated heterocycles. The van der Waals surface area contributed by atoms with Gasteiger partial charge in [0, 0.05) is 25.8 Å². The van der Waals surface area contributed by atoms with Gasteiger partial charge in [-0.15, -0.1) is 0 Å². The second-order valence-electron chi connectivity index (χ2n) is 5.00. The Hall–Kier alpha value is -1.51. The van der Waals surface area contributed by atoms with Gasteiger partial charge < -0.3 is 5.11 Å². The molecule has 2 heterocycles. The van der Waals surface area contributed by atoms with Crippen molar-refractivity contribution < 1.29 is 18.3 Å². The first-order valence-corrected chi connectivity index (χ1v) is 8.36. The summed E-state index contributed by atoms with van der Waals surface area (Å²) in [7, 11) is -3.49. The lowest BCUT2D eigenvalue weighted by molar-refractivity contribution is 0.0690. The molecule has 0 aromatic carbocycles. The molecule has 0 radical (unpaired) electrons. The van der Waals surface area contributed by atoms with Crippen LogP contribution in [-0.4, -0.2) is 41.9 Å². The third kappa shape index (κ3) is 4.48. The Morgan fingerprint density at radius 3 is 2.43 bits per heavy atom. The Morgan fingerprint density at radius 2 is 1.90 bits per heavy atom. The van der Waals surface area contributed by atoms with Crippen LogP contribution in [0.5, 0.6) is 0 Å². The second-order valence-corrected chi connectivity index (χ2v) is 6.75. The maximum atomic E-state index is 12.2. The van der Waals surface area contributed by atoms with Crippen LogP contribution in [0.2, 0.25) is 0 Å². The molecule has 21 heavy (non-hydrogen) atoms. The van der Waals surface area contributed by atoms with Gasteiger partial charge in [-0.2, -0.15) is 17.4 Å². The normalized spacial score (nSPS) is 17.3. The summed E-state index contributed by atoms with van der Waals surface area (Å²) in [6, 6.07) is 2.92. The minimum atomic E-state index is -3.49. The topological polar surface area (TPSA) is 99.6 Å². The van der Waals surface area contributed by atoms with E-state index in [0.29, 0.717) is 18.7 Å². The summed E-state index contributed by atoms with van der Waals surface area (Å²) in [6.07, 6.45) is 5.26. The van der Waals surface area contributed by atoms with E-state index in [1.54, 1.807) is 6.07 Å². The minimum absolute atomic E-state index is 0.0610. The van der Waals surface area contributed by atoms with E-state index in [-0.39, 0.29) is 12.2 Å². The SMILES string of the molecule is O=C(O)c1ccc(CNS(=O)(=O)N2CCCCCC2)cn1. The van der Waals surface area contributed by atoms with Crippen molar-refractivity contribution in [1.82, 2.24) is 14.0 Å². The van der Waals surface area contributed by atoms with Crippen LogP contribution >= 0.6 is 0 Å². The van der Waals surface area contributed by atoms with E-state index in [1.807, 2.05) is 0 Å². The lowest BCUT2D eigenvalue weighted by Gasteiger charge is -2.20. The molecule has 1 aliphatic rings. The molecule has 1 fully saturated rings. The van der Waals surface area contributed by atoms with Crippen molar-refractivity contribution in [3.63, 3.8) is 0 Å². The van der Waals surface area contributed by atoms with Crippen LogP contribution < -0.4 is 4.72 Å². The predicted octanol–water partition coefficient (Wildman–Crippen LogP) is 0.990. The van der Waals surface area contributed by atoms with Gasteiger partial charge in [0.15, 0.2) is 0 Å². The summed E-state index contributed by atoms with van der Waals surface area (Å²) in [4.78, 5) is 14.4. The van der Waals surface area contributed by atoms with Crippen LogP contribution in [0.1, 0.15) is 41.7 Å². The van der Waals surface area contributed by atoms with Crippen molar-refractivity contribution in [2.75, 3.05) is 13.1 Å². The predicted molar refractivity (Wildman–Crippen MR) is 77.0 cm³/mol.